The molecular formula is C11H19N3O4S2. The number of benzene rings is 1. The average molecular weight is 321 g/mol. The molecule has 0 heterocycles. The van der Waals surface area contributed by atoms with Crippen molar-refractivity contribution in [3.8, 4) is 0 Å². The van der Waals surface area contributed by atoms with Gasteiger partial charge in [0.25, 0.3) is 0 Å². The smallest absolute Gasteiger partial charge is 0.271 e. The molecule has 20 heavy (non-hydrogen) atoms. The second kappa shape index (κ2) is 6.08. The highest BCUT2D eigenvalue weighted by atomic mass is 32.2. The summed E-state index contributed by atoms with van der Waals surface area (Å²) in [7, 11) is -7.44. The fourth-order valence-electron chi connectivity index (χ4n) is 1.69. The van der Waals surface area contributed by atoms with Gasteiger partial charge >= 0.3 is 10.2 Å². The summed E-state index contributed by atoms with van der Waals surface area (Å²) >= 11 is 0. The van der Waals surface area contributed by atoms with Gasteiger partial charge in [-0.25, -0.2) is 13.6 Å². The van der Waals surface area contributed by atoms with Gasteiger partial charge in [0.15, 0.2) is 0 Å². The van der Waals surface area contributed by atoms with Crippen LogP contribution in [0.15, 0.2) is 23.1 Å². The van der Waals surface area contributed by atoms with Crippen LogP contribution in [0, 0.1) is 6.92 Å². The third kappa shape index (κ3) is 3.92. The van der Waals surface area contributed by atoms with Gasteiger partial charge in [0.05, 0.1) is 10.6 Å². The van der Waals surface area contributed by atoms with Crippen LogP contribution in [-0.2, 0) is 20.2 Å². The van der Waals surface area contributed by atoms with E-state index in [1.54, 1.807) is 20.8 Å². The lowest BCUT2D eigenvalue weighted by Crippen LogP contribution is -2.35. The van der Waals surface area contributed by atoms with Gasteiger partial charge in [-0.05, 0) is 30.7 Å². The van der Waals surface area contributed by atoms with Gasteiger partial charge in [-0.3, -0.25) is 4.72 Å². The van der Waals surface area contributed by atoms with Crippen molar-refractivity contribution < 1.29 is 16.8 Å². The molecule has 1 aromatic rings. The fraction of sp³-hybridized carbons (Fsp3) is 0.455. The number of hydrogen-bond donors (Lipinski definition) is 2. The molecule has 7 nitrogen and oxygen atoms in total. The second-order valence-corrected chi connectivity index (χ2v) is 7.45. The quantitative estimate of drug-likeness (QED) is 0.801. The summed E-state index contributed by atoms with van der Waals surface area (Å²) in [6.07, 6.45) is 0. The van der Waals surface area contributed by atoms with E-state index in [2.05, 4.69) is 4.72 Å². The number of hydrogen-bond acceptors (Lipinski definition) is 4. The summed E-state index contributed by atoms with van der Waals surface area (Å²) in [5.41, 5.74) is 0.802. The second-order valence-electron chi connectivity index (χ2n) is 4.21. The highest BCUT2D eigenvalue weighted by Crippen LogP contribution is 2.20. The van der Waals surface area contributed by atoms with E-state index >= 15 is 0 Å². The highest BCUT2D eigenvalue weighted by Gasteiger charge is 2.19. The molecule has 3 N–H and O–H groups in total. The molecule has 1 rings (SSSR count). The van der Waals surface area contributed by atoms with E-state index in [1.807, 2.05) is 0 Å². The van der Waals surface area contributed by atoms with Crippen molar-refractivity contribution in [2.75, 3.05) is 17.8 Å². The van der Waals surface area contributed by atoms with Crippen molar-refractivity contribution in [2.24, 2.45) is 5.14 Å². The topological polar surface area (TPSA) is 110 Å². The number of aryl methyl sites for hydroxylation is 1. The molecule has 0 aliphatic heterocycles. The monoisotopic (exact) mass is 321 g/mol. The molecule has 0 aromatic heterocycles. The lowest BCUT2D eigenvalue weighted by molar-refractivity contribution is 0.449. The molecule has 0 saturated carbocycles. The first-order valence-corrected chi connectivity index (χ1v) is 9.01. The highest BCUT2D eigenvalue weighted by molar-refractivity contribution is 7.90. The van der Waals surface area contributed by atoms with Gasteiger partial charge in [-0.2, -0.15) is 12.7 Å². The molecule has 0 aliphatic rings. The molecule has 0 aliphatic carbocycles. The maximum absolute atomic E-state index is 12.1. The Balaban J connectivity index is 3.12. The van der Waals surface area contributed by atoms with E-state index < -0.39 is 20.2 Å². The first kappa shape index (κ1) is 16.9. The molecule has 0 spiro atoms. The normalized spacial score (nSPS) is 12.7. The van der Waals surface area contributed by atoms with Gasteiger partial charge in [-0.1, -0.05) is 13.8 Å². The van der Waals surface area contributed by atoms with Crippen LogP contribution in [-0.4, -0.2) is 34.2 Å². The molecule has 0 saturated heterocycles. The van der Waals surface area contributed by atoms with Crippen molar-refractivity contribution in [1.29, 1.82) is 0 Å². The minimum atomic E-state index is -3.80. The third-order valence-corrected chi connectivity index (χ3v) is 5.40. The number of rotatable bonds is 6. The molecule has 0 fully saturated rings. The standard InChI is InChI=1S/C11H19N3O4S2/c1-4-14(5-2)20(17,18)13-11-7-6-10(8-9(11)3)19(12,15)16/h6-8,13H,4-5H2,1-3H3,(H2,12,15,16). The maximum atomic E-state index is 12.1. The summed E-state index contributed by atoms with van der Waals surface area (Å²) in [6.45, 7) is 5.77. The zero-order valence-electron chi connectivity index (χ0n) is 11.6. The first-order valence-electron chi connectivity index (χ1n) is 6.03. The Morgan fingerprint density at radius 2 is 1.70 bits per heavy atom. The van der Waals surface area contributed by atoms with E-state index in [0.29, 0.717) is 24.3 Å². The molecule has 114 valence electrons. The molecule has 0 radical (unpaired) electrons. The van der Waals surface area contributed by atoms with Gasteiger partial charge in [0.2, 0.25) is 10.0 Å². The number of primary sulfonamides is 1. The largest absolute Gasteiger partial charge is 0.301 e. The van der Waals surface area contributed by atoms with Crippen LogP contribution < -0.4 is 9.86 Å². The Labute approximate surface area is 120 Å². The lowest BCUT2D eigenvalue weighted by atomic mass is 10.2. The minimum Gasteiger partial charge on any atom is -0.271 e. The average Bonchev–Trinajstić information content (AvgIpc) is 2.31. The van der Waals surface area contributed by atoms with Gasteiger partial charge in [0, 0.05) is 13.1 Å². The van der Waals surface area contributed by atoms with Crippen LogP contribution in [0.25, 0.3) is 0 Å². The van der Waals surface area contributed by atoms with E-state index in [1.165, 1.54) is 22.5 Å². The molecule has 0 unspecified atom stereocenters. The zero-order valence-corrected chi connectivity index (χ0v) is 13.3. The molecular weight excluding hydrogens is 302 g/mol. The van der Waals surface area contributed by atoms with Crippen LogP contribution >= 0.6 is 0 Å². The van der Waals surface area contributed by atoms with E-state index in [0.717, 1.165) is 0 Å². The minimum absolute atomic E-state index is 0.0548. The van der Waals surface area contributed by atoms with Crippen LogP contribution in [0.2, 0.25) is 0 Å². The van der Waals surface area contributed by atoms with Crippen LogP contribution in [0.1, 0.15) is 19.4 Å². The number of anilines is 1. The van der Waals surface area contributed by atoms with Crippen molar-refractivity contribution >= 4 is 25.9 Å². The summed E-state index contributed by atoms with van der Waals surface area (Å²) in [5, 5.41) is 5.02. The number of nitrogens with one attached hydrogen (secondary N) is 1. The van der Waals surface area contributed by atoms with Crippen molar-refractivity contribution in [1.82, 2.24) is 4.31 Å². The maximum Gasteiger partial charge on any atom is 0.301 e. The Kier molecular flexibility index (Phi) is 5.14. The predicted molar refractivity (Wildman–Crippen MR) is 78.0 cm³/mol. The van der Waals surface area contributed by atoms with Crippen molar-refractivity contribution in [2.45, 2.75) is 25.7 Å². The number of nitrogens with two attached hydrogens (primary N) is 1. The Bertz CT molecular complexity index is 680. The van der Waals surface area contributed by atoms with Gasteiger partial charge in [0.1, 0.15) is 0 Å². The van der Waals surface area contributed by atoms with E-state index in [9.17, 15) is 16.8 Å². The summed E-state index contributed by atoms with van der Waals surface area (Å²) in [5.74, 6) is 0. The predicted octanol–water partition coefficient (Wildman–Crippen LogP) is 0.641. The van der Waals surface area contributed by atoms with E-state index in [-0.39, 0.29) is 4.90 Å². The third-order valence-electron chi connectivity index (χ3n) is 2.81. The van der Waals surface area contributed by atoms with E-state index in [4.69, 9.17) is 5.14 Å². The van der Waals surface area contributed by atoms with Crippen LogP contribution in [0.3, 0.4) is 0 Å². The summed E-state index contributed by atoms with van der Waals surface area (Å²) < 4.78 is 50.3. The van der Waals surface area contributed by atoms with Gasteiger partial charge in [-0.15, -0.1) is 0 Å². The fourth-order valence-corrected chi connectivity index (χ4v) is 3.61. The first-order chi connectivity index (χ1) is 9.11. The summed E-state index contributed by atoms with van der Waals surface area (Å²) in [6, 6.07) is 3.98. The Morgan fingerprint density at radius 1 is 1.15 bits per heavy atom. The molecule has 0 amide bonds. The molecule has 1 aromatic carbocycles. The Morgan fingerprint density at radius 3 is 2.10 bits per heavy atom. The lowest BCUT2D eigenvalue weighted by Gasteiger charge is -2.20. The summed E-state index contributed by atoms with van der Waals surface area (Å²) in [4.78, 5) is -0.0548. The molecule has 0 atom stereocenters. The molecule has 0 bridgehead atoms. The molecule has 9 heteroatoms. The zero-order chi connectivity index (χ0) is 15.6. The van der Waals surface area contributed by atoms with Gasteiger partial charge < -0.3 is 0 Å². The Hall–Kier alpha value is -1.16. The van der Waals surface area contributed by atoms with Crippen LogP contribution in [0.4, 0.5) is 5.69 Å². The SMILES string of the molecule is CCN(CC)S(=O)(=O)Nc1ccc(S(N)(=O)=O)cc1C. The van der Waals surface area contributed by atoms with Crippen LogP contribution in [0.5, 0.6) is 0 Å². The number of nitrogens with zero attached hydrogens (tertiary/aromatic N) is 1. The van der Waals surface area contributed by atoms with Crippen molar-refractivity contribution in [3.63, 3.8) is 0 Å². The number of sulfonamides is 1. The van der Waals surface area contributed by atoms with Crippen molar-refractivity contribution in [3.05, 3.63) is 23.8 Å².